The molecule has 8 nitrogen and oxygen atoms in total. The maximum Gasteiger partial charge on any atom is 0.253 e. The van der Waals surface area contributed by atoms with Crippen LogP contribution in [0.25, 0.3) is 0 Å². The van der Waals surface area contributed by atoms with Crippen LogP contribution in [-0.4, -0.2) is 40.6 Å². The van der Waals surface area contributed by atoms with Gasteiger partial charge in [-0.3, -0.25) is 19.1 Å². The number of carbonyl (C=O) groups excluding carboxylic acids is 3. The molecule has 1 aromatic heterocycles. The standard InChI is InChI=1S/C15H15Cl2N5O3/c1-22-5-4-12(21-22)20-14(24)8-18-13(23)7-19-15(25)10-3-2-9(16)6-11(10)17/h2-6H,7-8H2,1H3,(H,18,23)(H,19,25)(H,20,21,24). The minimum absolute atomic E-state index is 0.181. The van der Waals surface area contributed by atoms with Crippen LogP contribution in [0.4, 0.5) is 5.82 Å². The fourth-order valence-corrected chi connectivity index (χ4v) is 2.33. The van der Waals surface area contributed by atoms with Crippen molar-refractivity contribution in [3.8, 4) is 0 Å². The first-order chi connectivity index (χ1) is 11.8. The van der Waals surface area contributed by atoms with Crippen LogP contribution < -0.4 is 16.0 Å². The number of rotatable bonds is 6. The molecule has 0 atom stereocenters. The molecule has 1 heterocycles. The largest absolute Gasteiger partial charge is 0.345 e. The first-order valence-corrected chi connectivity index (χ1v) is 7.90. The quantitative estimate of drug-likeness (QED) is 0.696. The molecule has 3 amide bonds. The zero-order chi connectivity index (χ0) is 18.4. The smallest absolute Gasteiger partial charge is 0.253 e. The van der Waals surface area contributed by atoms with Crippen molar-refractivity contribution in [3.63, 3.8) is 0 Å². The lowest BCUT2D eigenvalue weighted by molar-refractivity contribution is -0.123. The molecule has 2 aromatic rings. The summed E-state index contributed by atoms with van der Waals surface area (Å²) < 4.78 is 1.53. The Morgan fingerprint density at radius 3 is 2.44 bits per heavy atom. The van der Waals surface area contributed by atoms with Crippen LogP contribution >= 0.6 is 23.2 Å². The van der Waals surface area contributed by atoms with Crippen LogP contribution in [0.5, 0.6) is 0 Å². The van der Waals surface area contributed by atoms with Crippen molar-refractivity contribution in [3.05, 3.63) is 46.1 Å². The molecule has 0 radical (unpaired) electrons. The Balaban J connectivity index is 1.74. The zero-order valence-corrected chi connectivity index (χ0v) is 14.7. The molecule has 0 spiro atoms. The maximum atomic E-state index is 12.0. The van der Waals surface area contributed by atoms with E-state index >= 15 is 0 Å². The molecule has 2 rings (SSSR count). The van der Waals surface area contributed by atoms with Gasteiger partial charge in [0.25, 0.3) is 5.91 Å². The van der Waals surface area contributed by atoms with Crippen molar-refractivity contribution in [2.24, 2.45) is 7.05 Å². The van der Waals surface area contributed by atoms with Gasteiger partial charge in [-0.05, 0) is 18.2 Å². The molecule has 0 saturated heterocycles. The number of carbonyl (C=O) groups is 3. The van der Waals surface area contributed by atoms with Crippen molar-refractivity contribution in [1.82, 2.24) is 20.4 Å². The van der Waals surface area contributed by atoms with Gasteiger partial charge in [0, 0.05) is 24.3 Å². The van der Waals surface area contributed by atoms with Crippen molar-refractivity contribution < 1.29 is 14.4 Å². The summed E-state index contributed by atoms with van der Waals surface area (Å²) in [7, 11) is 1.72. The molecular weight excluding hydrogens is 369 g/mol. The number of hydrogen-bond acceptors (Lipinski definition) is 4. The third-order valence-corrected chi connectivity index (χ3v) is 3.56. The fourth-order valence-electron chi connectivity index (χ4n) is 1.84. The van der Waals surface area contributed by atoms with E-state index < -0.39 is 17.7 Å². The van der Waals surface area contributed by atoms with Crippen LogP contribution in [0.1, 0.15) is 10.4 Å². The molecule has 0 aliphatic heterocycles. The van der Waals surface area contributed by atoms with Gasteiger partial charge in [0.2, 0.25) is 11.8 Å². The molecule has 0 bridgehead atoms. The Morgan fingerprint density at radius 1 is 1.08 bits per heavy atom. The lowest BCUT2D eigenvalue weighted by atomic mass is 10.2. The minimum Gasteiger partial charge on any atom is -0.345 e. The van der Waals surface area contributed by atoms with Gasteiger partial charge in [-0.15, -0.1) is 0 Å². The highest BCUT2D eigenvalue weighted by Crippen LogP contribution is 2.20. The molecule has 25 heavy (non-hydrogen) atoms. The summed E-state index contributed by atoms with van der Waals surface area (Å²) in [4.78, 5) is 35.3. The SMILES string of the molecule is Cn1ccc(NC(=O)CNC(=O)CNC(=O)c2ccc(Cl)cc2Cl)n1. The summed E-state index contributed by atoms with van der Waals surface area (Å²) in [6.07, 6.45) is 1.67. The number of halogens is 2. The molecule has 3 N–H and O–H groups in total. The predicted octanol–water partition coefficient (Wildman–Crippen LogP) is 1.21. The Labute approximate surface area is 153 Å². The topological polar surface area (TPSA) is 105 Å². The van der Waals surface area contributed by atoms with Gasteiger partial charge in [-0.1, -0.05) is 23.2 Å². The van der Waals surface area contributed by atoms with Crippen LogP contribution in [0.3, 0.4) is 0 Å². The predicted molar refractivity (Wildman–Crippen MR) is 93.6 cm³/mol. The normalized spacial score (nSPS) is 10.2. The Kier molecular flexibility index (Phi) is 6.37. The van der Waals surface area contributed by atoms with Crippen molar-refractivity contribution in [1.29, 1.82) is 0 Å². The van der Waals surface area contributed by atoms with Crippen LogP contribution in [0.2, 0.25) is 10.0 Å². The van der Waals surface area contributed by atoms with Crippen LogP contribution in [0.15, 0.2) is 30.5 Å². The number of nitrogens with one attached hydrogen (secondary N) is 3. The minimum atomic E-state index is -0.519. The summed E-state index contributed by atoms with van der Waals surface area (Å²) in [5.41, 5.74) is 0.201. The van der Waals surface area contributed by atoms with E-state index in [2.05, 4.69) is 21.0 Å². The third kappa shape index (κ3) is 5.77. The Morgan fingerprint density at radius 2 is 1.80 bits per heavy atom. The van der Waals surface area contributed by atoms with E-state index in [0.29, 0.717) is 10.8 Å². The zero-order valence-electron chi connectivity index (χ0n) is 13.2. The molecule has 0 aliphatic carbocycles. The number of anilines is 1. The summed E-state index contributed by atoms with van der Waals surface area (Å²) in [5, 5.41) is 11.9. The summed E-state index contributed by atoms with van der Waals surface area (Å²) in [6.45, 7) is -0.540. The molecule has 0 saturated carbocycles. The van der Waals surface area contributed by atoms with Crippen LogP contribution in [-0.2, 0) is 16.6 Å². The average Bonchev–Trinajstić information content (AvgIpc) is 2.95. The number of nitrogens with zero attached hydrogens (tertiary/aromatic N) is 2. The van der Waals surface area contributed by atoms with Gasteiger partial charge < -0.3 is 16.0 Å². The fraction of sp³-hybridized carbons (Fsp3) is 0.200. The third-order valence-electron chi connectivity index (χ3n) is 3.01. The number of amides is 3. The second kappa shape index (κ2) is 8.50. The van der Waals surface area contributed by atoms with Crippen molar-refractivity contribution >= 4 is 46.7 Å². The lowest BCUT2D eigenvalue weighted by Crippen LogP contribution is -2.40. The molecule has 0 fully saturated rings. The second-order valence-corrected chi connectivity index (χ2v) is 5.85. The number of hydrogen-bond donors (Lipinski definition) is 3. The van der Waals surface area contributed by atoms with Gasteiger partial charge in [-0.2, -0.15) is 5.10 Å². The lowest BCUT2D eigenvalue weighted by Gasteiger charge is -2.08. The Hall–Kier alpha value is -2.58. The highest BCUT2D eigenvalue weighted by atomic mass is 35.5. The Bertz CT molecular complexity index is 806. The highest BCUT2D eigenvalue weighted by Gasteiger charge is 2.13. The molecule has 0 aliphatic rings. The van der Waals surface area contributed by atoms with E-state index in [9.17, 15) is 14.4 Å². The maximum absolute atomic E-state index is 12.0. The first-order valence-electron chi connectivity index (χ1n) is 7.14. The van der Waals surface area contributed by atoms with E-state index in [1.165, 1.54) is 22.9 Å². The van der Waals surface area contributed by atoms with Gasteiger partial charge in [0.1, 0.15) is 0 Å². The van der Waals surface area contributed by atoms with E-state index in [0.717, 1.165) is 0 Å². The van der Waals surface area contributed by atoms with Crippen LogP contribution in [0, 0.1) is 0 Å². The first kappa shape index (κ1) is 18.8. The molecule has 132 valence electrons. The van der Waals surface area contributed by atoms with E-state index in [1.54, 1.807) is 19.3 Å². The monoisotopic (exact) mass is 383 g/mol. The molecule has 1 aromatic carbocycles. The molecule has 0 unspecified atom stereocenters. The van der Waals surface area contributed by atoms with Crippen molar-refractivity contribution in [2.45, 2.75) is 0 Å². The molecular formula is C15H15Cl2N5O3. The molecule has 10 heteroatoms. The number of benzene rings is 1. The summed E-state index contributed by atoms with van der Waals surface area (Å²) in [6, 6.07) is 6.03. The van der Waals surface area contributed by atoms with Gasteiger partial charge in [0.15, 0.2) is 5.82 Å². The van der Waals surface area contributed by atoms with E-state index in [4.69, 9.17) is 23.2 Å². The van der Waals surface area contributed by atoms with Gasteiger partial charge in [-0.25, -0.2) is 0 Å². The van der Waals surface area contributed by atoms with Gasteiger partial charge >= 0.3 is 0 Å². The highest BCUT2D eigenvalue weighted by molar-refractivity contribution is 6.36. The van der Waals surface area contributed by atoms with Crippen molar-refractivity contribution in [2.75, 3.05) is 18.4 Å². The second-order valence-electron chi connectivity index (χ2n) is 5.01. The summed E-state index contributed by atoms with van der Waals surface area (Å²) >= 11 is 11.7. The number of aromatic nitrogens is 2. The summed E-state index contributed by atoms with van der Waals surface area (Å²) in [5.74, 6) is -1.09. The van der Waals surface area contributed by atoms with Gasteiger partial charge in [0.05, 0.1) is 23.7 Å². The van der Waals surface area contributed by atoms with E-state index in [-0.39, 0.29) is 23.7 Å². The average molecular weight is 384 g/mol. The number of aryl methyl sites for hydroxylation is 1. The van der Waals surface area contributed by atoms with E-state index in [1.807, 2.05) is 0 Å².